The average Bonchev–Trinajstić information content (AvgIpc) is 3.22. The molecule has 0 bridgehead atoms. The smallest absolute Gasteiger partial charge is 0.251 e. The molecule has 0 saturated heterocycles. The molecule has 2 aromatic carbocycles. The lowest BCUT2D eigenvalue weighted by Crippen LogP contribution is -2.32. The molecular weight excluding hydrogens is 458 g/mol. The van der Waals surface area contributed by atoms with Gasteiger partial charge in [-0.15, -0.1) is 10.2 Å². The molecule has 2 amide bonds. The Kier molecular flexibility index (Phi) is 8.88. The third-order valence-corrected chi connectivity index (χ3v) is 5.83. The monoisotopic (exact) mass is 485 g/mol. The molecule has 1 atom stereocenters. The fraction of sp³-hybridized carbons (Fsp3) is 0.304. The second kappa shape index (κ2) is 12.1. The van der Waals surface area contributed by atoms with Crippen molar-refractivity contribution < 1.29 is 24.2 Å². The number of amides is 2. The van der Waals surface area contributed by atoms with E-state index >= 15 is 0 Å². The lowest BCUT2D eigenvalue weighted by atomic mass is 10.2. The van der Waals surface area contributed by atoms with Gasteiger partial charge in [0.2, 0.25) is 5.91 Å². The number of methoxy groups -OCH3 is 1. The Morgan fingerprint density at radius 2 is 1.88 bits per heavy atom. The minimum absolute atomic E-state index is 0.0917. The molecule has 0 aliphatic heterocycles. The van der Waals surface area contributed by atoms with Crippen LogP contribution in [0.1, 0.15) is 29.1 Å². The highest BCUT2D eigenvalue weighted by molar-refractivity contribution is 7.99. The molecule has 0 radical (unpaired) electrons. The summed E-state index contributed by atoms with van der Waals surface area (Å²) in [4.78, 5) is 25.0. The van der Waals surface area contributed by atoms with Crippen molar-refractivity contribution in [3.63, 3.8) is 0 Å². The average molecular weight is 486 g/mol. The highest BCUT2D eigenvalue weighted by Gasteiger charge is 2.22. The van der Waals surface area contributed by atoms with Gasteiger partial charge in [-0.2, -0.15) is 0 Å². The van der Waals surface area contributed by atoms with Crippen molar-refractivity contribution in [2.24, 2.45) is 7.05 Å². The number of anilines is 1. The first-order valence-corrected chi connectivity index (χ1v) is 11.5. The number of rotatable bonds is 11. The first-order valence-electron chi connectivity index (χ1n) is 10.6. The molecule has 10 nitrogen and oxygen atoms in total. The number of carbonyl (C=O) groups excluding carboxylic acids is 2. The Balaban J connectivity index is 1.61. The number of aromatic nitrogens is 3. The quantitative estimate of drug-likeness (QED) is 0.353. The van der Waals surface area contributed by atoms with Crippen LogP contribution in [0.4, 0.5) is 5.69 Å². The number of thioether (sulfide) groups is 1. The SMILES string of the molecule is CCOc1ccccc1NC(=O)CSc1nnc([C@@H](CO)NC(=O)c2ccc(OC)cc2)n1C. The van der Waals surface area contributed by atoms with E-state index in [2.05, 4.69) is 20.8 Å². The van der Waals surface area contributed by atoms with Crippen LogP contribution in [0.3, 0.4) is 0 Å². The second-order valence-corrected chi connectivity index (χ2v) is 8.05. The molecule has 3 N–H and O–H groups in total. The molecule has 0 fully saturated rings. The molecule has 0 aliphatic rings. The number of aliphatic hydroxyl groups excluding tert-OH is 1. The van der Waals surface area contributed by atoms with Gasteiger partial charge in [0.05, 0.1) is 31.8 Å². The summed E-state index contributed by atoms with van der Waals surface area (Å²) in [5, 5.41) is 24.1. The number of hydrogen-bond donors (Lipinski definition) is 3. The molecule has 3 rings (SSSR count). The number of aliphatic hydroxyl groups is 1. The maximum absolute atomic E-state index is 12.6. The number of nitrogens with zero attached hydrogens (tertiary/aromatic N) is 3. The molecule has 1 heterocycles. The van der Waals surface area contributed by atoms with Gasteiger partial charge in [0.15, 0.2) is 11.0 Å². The van der Waals surface area contributed by atoms with E-state index < -0.39 is 6.04 Å². The molecule has 0 saturated carbocycles. The maximum Gasteiger partial charge on any atom is 0.251 e. The standard InChI is InChI=1S/C23H27N5O5S/c1-4-33-19-8-6-5-7-17(19)24-20(30)14-34-23-27-26-21(28(23)2)18(13-29)25-22(31)15-9-11-16(32-3)12-10-15/h5-12,18,29H,4,13-14H2,1-3H3,(H,24,30)(H,25,31)/t18-/m1/s1. The van der Waals surface area contributed by atoms with Crippen molar-refractivity contribution in [3.05, 3.63) is 59.9 Å². The van der Waals surface area contributed by atoms with Crippen LogP contribution in [0.5, 0.6) is 11.5 Å². The van der Waals surface area contributed by atoms with Crippen LogP contribution < -0.4 is 20.1 Å². The van der Waals surface area contributed by atoms with Gasteiger partial charge in [-0.05, 0) is 43.3 Å². The fourth-order valence-corrected chi connectivity index (χ4v) is 3.82. The van der Waals surface area contributed by atoms with Crippen molar-refractivity contribution in [1.29, 1.82) is 0 Å². The van der Waals surface area contributed by atoms with Crippen molar-refractivity contribution in [2.45, 2.75) is 18.1 Å². The normalized spacial score (nSPS) is 11.5. The van der Waals surface area contributed by atoms with Crippen LogP contribution in [-0.2, 0) is 11.8 Å². The van der Waals surface area contributed by atoms with Gasteiger partial charge in [-0.3, -0.25) is 9.59 Å². The van der Waals surface area contributed by atoms with E-state index in [1.165, 1.54) is 11.8 Å². The fourth-order valence-electron chi connectivity index (χ4n) is 3.10. The zero-order chi connectivity index (χ0) is 24.5. The Labute approximate surface area is 201 Å². The van der Waals surface area contributed by atoms with Crippen LogP contribution >= 0.6 is 11.8 Å². The lowest BCUT2D eigenvalue weighted by Gasteiger charge is -2.16. The number of hydrogen-bond acceptors (Lipinski definition) is 8. The van der Waals surface area contributed by atoms with E-state index in [1.54, 1.807) is 55.1 Å². The van der Waals surface area contributed by atoms with Crippen molar-refractivity contribution in [3.8, 4) is 11.5 Å². The van der Waals surface area contributed by atoms with E-state index in [0.717, 1.165) is 0 Å². The molecule has 3 aromatic rings. The van der Waals surface area contributed by atoms with Gasteiger partial charge >= 0.3 is 0 Å². The Morgan fingerprint density at radius 3 is 2.56 bits per heavy atom. The van der Waals surface area contributed by atoms with Crippen molar-refractivity contribution in [2.75, 3.05) is 31.4 Å². The van der Waals surface area contributed by atoms with Gasteiger partial charge in [0.1, 0.15) is 17.5 Å². The molecule has 0 aliphatic carbocycles. The number of carbonyl (C=O) groups is 2. The Morgan fingerprint density at radius 1 is 1.15 bits per heavy atom. The maximum atomic E-state index is 12.6. The van der Waals surface area contributed by atoms with Crippen LogP contribution in [0, 0.1) is 0 Å². The third kappa shape index (κ3) is 6.27. The van der Waals surface area contributed by atoms with Crippen LogP contribution in [0.2, 0.25) is 0 Å². The largest absolute Gasteiger partial charge is 0.497 e. The Bertz CT molecular complexity index is 1120. The van der Waals surface area contributed by atoms with Crippen LogP contribution in [-0.4, -0.2) is 57.8 Å². The summed E-state index contributed by atoms with van der Waals surface area (Å²) < 4.78 is 12.3. The third-order valence-electron chi connectivity index (χ3n) is 4.81. The predicted molar refractivity (Wildman–Crippen MR) is 128 cm³/mol. The lowest BCUT2D eigenvalue weighted by molar-refractivity contribution is -0.113. The zero-order valence-corrected chi connectivity index (χ0v) is 20.0. The van der Waals surface area contributed by atoms with Crippen LogP contribution in [0.15, 0.2) is 53.7 Å². The second-order valence-electron chi connectivity index (χ2n) is 7.10. The zero-order valence-electron chi connectivity index (χ0n) is 19.1. The van der Waals surface area contributed by atoms with E-state index in [-0.39, 0.29) is 24.2 Å². The Hall–Kier alpha value is -3.57. The molecule has 0 spiro atoms. The summed E-state index contributed by atoms with van der Waals surface area (Å²) in [7, 11) is 3.26. The minimum Gasteiger partial charge on any atom is -0.497 e. The van der Waals surface area contributed by atoms with Crippen LogP contribution in [0.25, 0.3) is 0 Å². The number of ether oxygens (including phenoxy) is 2. The van der Waals surface area contributed by atoms with Gasteiger partial charge in [-0.1, -0.05) is 23.9 Å². The van der Waals surface area contributed by atoms with Gasteiger partial charge < -0.3 is 29.8 Å². The van der Waals surface area contributed by atoms with E-state index in [9.17, 15) is 14.7 Å². The number of nitrogens with one attached hydrogen (secondary N) is 2. The molecular formula is C23H27N5O5S. The van der Waals surface area contributed by atoms with Gasteiger partial charge in [0, 0.05) is 12.6 Å². The summed E-state index contributed by atoms with van der Waals surface area (Å²) in [5.41, 5.74) is 1.01. The topological polar surface area (TPSA) is 128 Å². The molecule has 34 heavy (non-hydrogen) atoms. The minimum atomic E-state index is -0.770. The molecule has 11 heteroatoms. The molecule has 1 aromatic heterocycles. The summed E-state index contributed by atoms with van der Waals surface area (Å²) in [5.74, 6) is 1.10. The summed E-state index contributed by atoms with van der Waals surface area (Å²) in [6.07, 6.45) is 0. The van der Waals surface area contributed by atoms with Gasteiger partial charge in [-0.25, -0.2) is 0 Å². The summed E-state index contributed by atoms with van der Waals surface area (Å²) in [6, 6.07) is 13.0. The van der Waals surface area contributed by atoms with E-state index in [4.69, 9.17) is 9.47 Å². The predicted octanol–water partition coefficient (Wildman–Crippen LogP) is 2.42. The molecule has 0 unspecified atom stereocenters. The number of para-hydroxylation sites is 2. The van der Waals surface area contributed by atoms with E-state index in [1.807, 2.05) is 19.1 Å². The highest BCUT2D eigenvalue weighted by atomic mass is 32.2. The first-order chi connectivity index (χ1) is 16.5. The van der Waals surface area contributed by atoms with Crippen molar-refractivity contribution in [1.82, 2.24) is 20.1 Å². The van der Waals surface area contributed by atoms with Crippen molar-refractivity contribution >= 4 is 29.3 Å². The summed E-state index contributed by atoms with van der Waals surface area (Å²) >= 11 is 1.19. The molecule has 180 valence electrons. The van der Waals surface area contributed by atoms with E-state index in [0.29, 0.717) is 40.3 Å². The van der Waals surface area contributed by atoms with Gasteiger partial charge in [0.25, 0.3) is 5.91 Å². The number of benzene rings is 2. The first kappa shape index (κ1) is 25.1. The highest BCUT2D eigenvalue weighted by Crippen LogP contribution is 2.25. The summed E-state index contributed by atoms with van der Waals surface area (Å²) in [6.45, 7) is 2.00.